The van der Waals surface area contributed by atoms with Gasteiger partial charge in [-0.15, -0.1) is 0 Å². The number of carbonyl (C=O) groups is 3. The van der Waals surface area contributed by atoms with E-state index in [-0.39, 0.29) is 6.42 Å². The van der Waals surface area contributed by atoms with Gasteiger partial charge in [0.2, 0.25) is 0 Å². The number of hydrogen-bond acceptors (Lipinski definition) is 4. The van der Waals surface area contributed by atoms with Crippen LogP contribution in [0.1, 0.15) is 17.5 Å². The van der Waals surface area contributed by atoms with E-state index < -0.39 is 42.0 Å². The quantitative estimate of drug-likeness (QED) is 0.217. The number of carboxylic acid groups (broad SMARTS) is 2. The van der Waals surface area contributed by atoms with E-state index in [0.29, 0.717) is 11.1 Å². The second-order valence-corrected chi connectivity index (χ2v) is 9.26. The molecule has 0 aliphatic rings. The van der Waals surface area contributed by atoms with Crippen LogP contribution in [0.15, 0.2) is 97.1 Å². The van der Waals surface area contributed by atoms with Crippen LogP contribution in [0.3, 0.4) is 0 Å². The Morgan fingerprint density at radius 2 is 1.42 bits per heavy atom. The van der Waals surface area contributed by atoms with E-state index in [1.807, 2.05) is 54.6 Å². The van der Waals surface area contributed by atoms with Crippen LogP contribution in [-0.2, 0) is 21.4 Å². The SMILES string of the molecule is NC(=O)NC(C(=O)O)C(Cc1ccccc1)(CC(O)C(=O)O)c1ccc(-c2cccc3ccccc23)cc1. The van der Waals surface area contributed by atoms with Crippen molar-refractivity contribution in [3.8, 4) is 11.1 Å². The number of benzene rings is 4. The molecule has 2 amide bonds. The number of amides is 2. The number of nitrogens with one attached hydrogen (secondary N) is 1. The van der Waals surface area contributed by atoms with Gasteiger partial charge in [-0.3, -0.25) is 0 Å². The zero-order chi connectivity index (χ0) is 27.3. The summed E-state index contributed by atoms with van der Waals surface area (Å²) in [5.74, 6) is -2.91. The van der Waals surface area contributed by atoms with Crippen molar-refractivity contribution in [2.75, 3.05) is 0 Å². The molecule has 0 bridgehead atoms. The van der Waals surface area contributed by atoms with Gasteiger partial charge in [0, 0.05) is 5.41 Å². The first-order valence-electron chi connectivity index (χ1n) is 12.0. The third-order valence-electron chi connectivity index (χ3n) is 6.85. The van der Waals surface area contributed by atoms with Crippen LogP contribution in [-0.4, -0.2) is 45.4 Å². The average molecular weight is 513 g/mol. The highest BCUT2D eigenvalue weighted by Gasteiger charge is 2.48. The van der Waals surface area contributed by atoms with Gasteiger partial charge in [0.25, 0.3) is 0 Å². The van der Waals surface area contributed by atoms with E-state index in [4.69, 9.17) is 5.73 Å². The van der Waals surface area contributed by atoms with Crippen molar-refractivity contribution in [3.05, 3.63) is 108 Å². The van der Waals surface area contributed by atoms with Gasteiger partial charge < -0.3 is 26.4 Å². The summed E-state index contributed by atoms with van der Waals surface area (Å²) in [6.45, 7) is 0. The summed E-state index contributed by atoms with van der Waals surface area (Å²) in [4.78, 5) is 36.2. The Morgan fingerprint density at radius 1 is 0.789 bits per heavy atom. The van der Waals surface area contributed by atoms with Gasteiger partial charge in [0.15, 0.2) is 6.10 Å². The fourth-order valence-corrected chi connectivity index (χ4v) is 5.11. The molecule has 4 rings (SSSR count). The van der Waals surface area contributed by atoms with Gasteiger partial charge in [-0.25, -0.2) is 14.4 Å². The first kappa shape index (κ1) is 26.4. The monoisotopic (exact) mass is 512 g/mol. The molecule has 4 aromatic carbocycles. The van der Waals surface area contributed by atoms with Gasteiger partial charge in [0.1, 0.15) is 6.04 Å². The number of carbonyl (C=O) groups excluding carboxylic acids is 1. The number of nitrogens with two attached hydrogens (primary N) is 1. The number of hydrogen-bond donors (Lipinski definition) is 5. The van der Waals surface area contributed by atoms with E-state index in [2.05, 4.69) is 5.32 Å². The molecule has 3 unspecified atom stereocenters. The second kappa shape index (κ2) is 11.1. The van der Waals surface area contributed by atoms with E-state index in [9.17, 15) is 29.7 Å². The van der Waals surface area contributed by atoms with Crippen LogP contribution in [0.5, 0.6) is 0 Å². The maximum Gasteiger partial charge on any atom is 0.332 e. The summed E-state index contributed by atoms with van der Waals surface area (Å²) in [5.41, 5.74) is 6.76. The first-order valence-corrected chi connectivity index (χ1v) is 12.0. The van der Waals surface area contributed by atoms with Gasteiger partial charge in [-0.2, -0.15) is 0 Å². The average Bonchev–Trinajstić information content (AvgIpc) is 2.91. The maximum atomic E-state index is 12.5. The predicted octanol–water partition coefficient (Wildman–Crippen LogP) is 3.94. The number of urea groups is 1. The molecule has 194 valence electrons. The standard InChI is InChI=1S/C30H28N2O6/c31-29(38)32-26(28(36)37)30(18-25(33)27(34)35,17-19-7-2-1-3-8-19)22-15-13-21(14-16-22)24-12-6-10-20-9-4-5-11-23(20)24/h1-16,25-26,33H,17-18H2,(H,34,35)(H,36,37)(H3,31,32,38). The highest BCUT2D eigenvalue weighted by atomic mass is 16.4. The lowest BCUT2D eigenvalue weighted by molar-refractivity contribution is -0.150. The van der Waals surface area contributed by atoms with Crippen LogP contribution < -0.4 is 11.1 Å². The number of carboxylic acids is 2. The van der Waals surface area contributed by atoms with Crippen molar-refractivity contribution in [1.29, 1.82) is 0 Å². The number of rotatable bonds is 10. The van der Waals surface area contributed by atoms with Crippen molar-refractivity contribution in [2.45, 2.75) is 30.4 Å². The summed E-state index contributed by atoms with van der Waals surface area (Å²) < 4.78 is 0. The van der Waals surface area contributed by atoms with Crippen molar-refractivity contribution in [3.63, 3.8) is 0 Å². The Kier molecular flexibility index (Phi) is 7.74. The molecule has 3 atom stereocenters. The highest BCUT2D eigenvalue weighted by molar-refractivity contribution is 5.96. The number of aliphatic carboxylic acids is 2. The molecule has 0 aromatic heterocycles. The topological polar surface area (TPSA) is 150 Å². The lowest BCUT2D eigenvalue weighted by Crippen LogP contribution is -2.58. The molecule has 0 heterocycles. The van der Waals surface area contributed by atoms with Gasteiger partial charge >= 0.3 is 18.0 Å². The van der Waals surface area contributed by atoms with Crippen LogP contribution in [0, 0.1) is 0 Å². The Bertz CT molecular complexity index is 1450. The van der Waals surface area contributed by atoms with Crippen molar-refractivity contribution in [2.24, 2.45) is 5.73 Å². The Hall–Kier alpha value is -4.69. The molecule has 4 aromatic rings. The minimum Gasteiger partial charge on any atom is -0.480 e. The summed E-state index contributed by atoms with van der Waals surface area (Å²) in [6, 6.07) is 27.1. The third kappa shape index (κ3) is 5.50. The Labute approximate surface area is 219 Å². The third-order valence-corrected chi connectivity index (χ3v) is 6.85. The Balaban J connectivity index is 1.90. The molecule has 0 radical (unpaired) electrons. The molecule has 0 saturated carbocycles. The fraction of sp³-hybridized carbons (Fsp3) is 0.167. The van der Waals surface area contributed by atoms with Gasteiger partial charge in [-0.05, 0) is 45.9 Å². The highest BCUT2D eigenvalue weighted by Crippen LogP contribution is 2.39. The normalized spacial score (nSPS) is 14.2. The predicted molar refractivity (Wildman–Crippen MR) is 144 cm³/mol. The molecule has 0 aliphatic carbocycles. The van der Waals surface area contributed by atoms with Crippen molar-refractivity contribution < 1.29 is 29.7 Å². The molecule has 0 aliphatic heterocycles. The smallest absolute Gasteiger partial charge is 0.332 e. The Morgan fingerprint density at radius 3 is 2.05 bits per heavy atom. The molecule has 38 heavy (non-hydrogen) atoms. The minimum absolute atomic E-state index is 0.0169. The largest absolute Gasteiger partial charge is 0.480 e. The molecule has 0 fully saturated rings. The molecule has 8 nitrogen and oxygen atoms in total. The van der Waals surface area contributed by atoms with Crippen LogP contribution >= 0.6 is 0 Å². The lowest BCUT2D eigenvalue weighted by atomic mass is 9.66. The zero-order valence-electron chi connectivity index (χ0n) is 20.5. The van der Waals surface area contributed by atoms with E-state index in [1.54, 1.807) is 42.5 Å². The number of primary amides is 1. The molecule has 8 heteroatoms. The van der Waals surface area contributed by atoms with E-state index in [0.717, 1.165) is 21.9 Å². The second-order valence-electron chi connectivity index (χ2n) is 9.26. The molecular formula is C30H28N2O6. The molecule has 6 N–H and O–H groups in total. The summed E-state index contributed by atoms with van der Waals surface area (Å²) in [6.07, 6.45) is -2.36. The minimum atomic E-state index is -1.90. The molecular weight excluding hydrogens is 484 g/mol. The number of aliphatic hydroxyl groups is 1. The van der Waals surface area contributed by atoms with Crippen LogP contribution in [0.4, 0.5) is 4.79 Å². The first-order chi connectivity index (χ1) is 18.2. The number of aliphatic hydroxyl groups excluding tert-OH is 1. The zero-order valence-corrected chi connectivity index (χ0v) is 20.5. The summed E-state index contributed by atoms with van der Waals surface area (Å²) in [7, 11) is 0. The van der Waals surface area contributed by atoms with Crippen molar-refractivity contribution in [1.82, 2.24) is 5.32 Å². The number of fused-ring (bicyclic) bond motifs is 1. The maximum absolute atomic E-state index is 12.5. The summed E-state index contributed by atoms with van der Waals surface area (Å²) in [5, 5.41) is 34.6. The van der Waals surface area contributed by atoms with E-state index >= 15 is 0 Å². The molecule has 0 saturated heterocycles. The van der Waals surface area contributed by atoms with Gasteiger partial charge in [-0.1, -0.05) is 97.1 Å². The van der Waals surface area contributed by atoms with Gasteiger partial charge in [0.05, 0.1) is 0 Å². The van der Waals surface area contributed by atoms with Crippen LogP contribution in [0.2, 0.25) is 0 Å². The van der Waals surface area contributed by atoms with Crippen LogP contribution in [0.25, 0.3) is 21.9 Å². The lowest BCUT2D eigenvalue weighted by Gasteiger charge is -2.40. The molecule has 0 spiro atoms. The summed E-state index contributed by atoms with van der Waals surface area (Å²) >= 11 is 0. The van der Waals surface area contributed by atoms with E-state index in [1.165, 1.54) is 0 Å². The fourth-order valence-electron chi connectivity index (χ4n) is 5.11. The van der Waals surface area contributed by atoms with Crippen molar-refractivity contribution >= 4 is 28.7 Å².